The van der Waals surface area contributed by atoms with E-state index in [1.165, 1.54) is 0 Å². The lowest BCUT2D eigenvalue weighted by Gasteiger charge is -2.53. The Labute approximate surface area is 107 Å². The maximum absolute atomic E-state index is 9.16. The van der Waals surface area contributed by atoms with Gasteiger partial charge in [-0.15, -0.1) is 0 Å². The van der Waals surface area contributed by atoms with Crippen molar-refractivity contribution in [2.45, 2.75) is 12.8 Å². The third kappa shape index (κ3) is 1.81. The van der Waals surface area contributed by atoms with Gasteiger partial charge in [-0.2, -0.15) is 5.26 Å². The van der Waals surface area contributed by atoms with Crippen molar-refractivity contribution >= 4 is 11.4 Å². The second kappa shape index (κ2) is 4.18. The first-order chi connectivity index (χ1) is 8.72. The number of nitrogens with two attached hydrogens (primary N) is 1. The smallest absolute Gasteiger partial charge is 0.101 e. The van der Waals surface area contributed by atoms with Crippen molar-refractivity contribution in [2.75, 3.05) is 36.9 Å². The molecule has 2 heterocycles. The Morgan fingerprint density at radius 3 is 2.67 bits per heavy atom. The highest BCUT2D eigenvalue weighted by Crippen LogP contribution is 2.42. The van der Waals surface area contributed by atoms with Crippen LogP contribution in [0.5, 0.6) is 0 Å². The topological polar surface area (TPSA) is 62.3 Å². The summed E-state index contributed by atoms with van der Waals surface area (Å²) >= 11 is 0. The molecule has 94 valence electrons. The first-order valence-electron chi connectivity index (χ1n) is 6.35. The second-order valence-electron chi connectivity index (χ2n) is 5.36. The van der Waals surface area contributed by atoms with Crippen LogP contribution in [0.1, 0.15) is 18.4 Å². The maximum Gasteiger partial charge on any atom is 0.101 e. The zero-order valence-electron chi connectivity index (χ0n) is 10.4. The second-order valence-corrected chi connectivity index (χ2v) is 5.36. The largest absolute Gasteiger partial charge is 0.399 e. The van der Waals surface area contributed by atoms with Gasteiger partial charge in [-0.25, -0.2) is 0 Å². The van der Waals surface area contributed by atoms with Crippen LogP contribution in [0.25, 0.3) is 0 Å². The highest BCUT2D eigenvalue weighted by Gasteiger charge is 2.44. The standard InChI is InChI=1S/C14H17N3O/c15-8-11-7-12(16)1-2-13(11)17-9-14(10-17)3-5-18-6-4-14/h1-2,7H,3-6,9-10,16H2. The first kappa shape index (κ1) is 11.4. The summed E-state index contributed by atoms with van der Waals surface area (Å²) in [6, 6.07) is 7.81. The predicted octanol–water partition coefficient (Wildman–Crippen LogP) is 1.76. The van der Waals surface area contributed by atoms with Crippen LogP contribution in [-0.4, -0.2) is 26.3 Å². The van der Waals surface area contributed by atoms with Gasteiger partial charge in [-0.05, 0) is 31.0 Å². The summed E-state index contributed by atoms with van der Waals surface area (Å²) in [7, 11) is 0. The molecule has 4 nitrogen and oxygen atoms in total. The molecular formula is C14H17N3O. The zero-order valence-corrected chi connectivity index (χ0v) is 10.4. The molecule has 0 atom stereocenters. The summed E-state index contributed by atoms with van der Waals surface area (Å²) in [6.45, 7) is 3.82. The van der Waals surface area contributed by atoms with Gasteiger partial charge in [0.1, 0.15) is 6.07 Å². The maximum atomic E-state index is 9.16. The molecule has 2 aliphatic heterocycles. The fraction of sp³-hybridized carbons (Fsp3) is 0.500. The fourth-order valence-electron chi connectivity index (χ4n) is 2.97. The number of nitrogen functional groups attached to an aromatic ring is 1. The molecule has 0 aliphatic carbocycles. The number of nitrogens with zero attached hydrogens (tertiary/aromatic N) is 2. The Hall–Kier alpha value is -1.73. The van der Waals surface area contributed by atoms with E-state index >= 15 is 0 Å². The Bertz CT molecular complexity index is 492. The molecule has 2 aliphatic rings. The van der Waals surface area contributed by atoms with Gasteiger partial charge < -0.3 is 15.4 Å². The molecule has 0 aromatic heterocycles. The van der Waals surface area contributed by atoms with E-state index in [0.717, 1.165) is 44.8 Å². The Balaban J connectivity index is 1.77. The van der Waals surface area contributed by atoms with Crippen molar-refractivity contribution < 1.29 is 4.74 Å². The number of ether oxygens (including phenoxy) is 1. The number of benzene rings is 1. The Morgan fingerprint density at radius 1 is 1.28 bits per heavy atom. The van der Waals surface area contributed by atoms with Gasteiger partial charge in [-0.1, -0.05) is 0 Å². The van der Waals surface area contributed by atoms with Crippen LogP contribution >= 0.6 is 0 Å². The molecule has 0 bridgehead atoms. The molecule has 2 saturated heterocycles. The summed E-state index contributed by atoms with van der Waals surface area (Å²) in [4.78, 5) is 2.28. The normalized spacial score (nSPS) is 21.4. The molecule has 2 N–H and O–H groups in total. The van der Waals surface area contributed by atoms with Crippen LogP contribution in [0.3, 0.4) is 0 Å². The number of anilines is 2. The molecule has 0 radical (unpaired) electrons. The van der Waals surface area contributed by atoms with Crippen molar-refractivity contribution in [3.05, 3.63) is 23.8 Å². The molecule has 1 aromatic rings. The van der Waals surface area contributed by atoms with Crippen molar-refractivity contribution in [3.8, 4) is 6.07 Å². The number of nitriles is 1. The van der Waals surface area contributed by atoms with Crippen molar-refractivity contribution in [1.82, 2.24) is 0 Å². The third-order valence-electron chi connectivity index (χ3n) is 4.09. The molecule has 18 heavy (non-hydrogen) atoms. The van der Waals surface area contributed by atoms with Gasteiger partial charge in [0.15, 0.2) is 0 Å². The average Bonchev–Trinajstić information content (AvgIpc) is 2.37. The van der Waals surface area contributed by atoms with E-state index in [2.05, 4.69) is 11.0 Å². The van der Waals surface area contributed by atoms with E-state index in [1.807, 2.05) is 12.1 Å². The number of rotatable bonds is 1. The van der Waals surface area contributed by atoms with Crippen molar-refractivity contribution in [3.63, 3.8) is 0 Å². The third-order valence-corrected chi connectivity index (χ3v) is 4.09. The molecule has 2 fully saturated rings. The SMILES string of the molecule is N#Cc1cc(N)ccc1N1CC2(CCOCC2)C1. The summed E-state index contributed by atoms with van der Waals surface area (Å²) < 4.78 is 5.41. The quantitative estimate of drug-likeness (QED) is 0.763. The predicted molar refractivity (Wildman–Crippen MR) is 70.3 cm³/mol. The van der Waals surface area contributed by atoms with Gasteiger partial charge in [-0.3, -0.25) is 0 Å². The van der Waals surface area contributed by atoms with Crippen LogP contribution in [-0.2, 0) is 4.74 Å². The lowest BCUT2D eigenvalue weighted by Crippen LogP contribution is -2.58. The van der Waals surface area contributed by atoms with E-state index < -0.39 is 0 Å². The Kier molecular flexibility index (Phi) is 2.64. The van der Waals surface area contributed by atoms with Gasteiger partial charge in [0.2, 0.25) is 0 Å². The molecule has 0 amide bonds. The van der Waals surface area contributed by atoms with E-state index in [4.69, 9.17) is 15.7 Å². The van der Waals surface area contributed by atoms with Gasteiger partial charge >= 0.3 is 0 Å². The summed E-state index contributed by atoms with van der Waals surface area (Å²) in [5.41, 5.74) is 8.48. The lowest BCUT2D eigenvalue weighted by molar-refractivity contribution is -0.000203. The molecule has 1 aromatic carbocycles. The van der Waals surface area contributed by atoms with E-state index in [0.29, 0.717) is 16.7 Å². The van der Waals surface area contributed by atoms with Crippen LogP contribution in [0.15, 0.2) is 18.2 Å². The molecular weight excluding hydrogens is 226 g/mol. The minimum Gasteiger partial charge on any atom is -0.399 e. The molecule has 0 unspecified atom stereocenters. The molecule has 3 rings (SSSR count). The first-order valence-corrected chi connectivity index (χ1v) is 6.35. The molecule has 1 spiro atoms. The van der Waals surface area contributed by atoms with Crippen LogP contribution in [0, 0.1) is 16.7 Å². The summed E-state index contributed by atoms with van der Waals surface area (Å²) in [6.07, 6.45) is 2.28. The minimum absolute atomic E-state index is 0.423. The van der Waals surface area contributed by atoms with Crippen molar-refractivity contribution in [1.29, 1.82) is 5.26 Å². The van der Waals surface area contributed by atoms with Crippen LogP contribution in [0.2, 0.25) is 0 Å². The highest BCUT2D eigenvalue weighted by atomic mass is 16.5. The molecule has 0 saturated carbocycles. The van der Waals surface area contributed by atoms with Gasteiger partial charge in [0.25, 0.3) is 0 Å². The molecule has 4 heteroatoms. The van der Waals surface area contributed by atoms with E-state index in [-0.39, 0.29) is 0 Å². The fourth-order valence-corrected chi connectivity index (χ4v) is 2.97. The lowest BCUT2D eigenvalue weighted by atomic mass is 9.73. The number of hydrogen-bond acceptors (Lipinski definition) is 4. The van der Waals surface area contributed by atoms with Gasteiger partial charge in [0, 0.05) is 37.4 Å². The van der Waals surface area contributed by atoms with Crippen molar-refractivity contribution in [2.24, 2.45) is 5.41 Å². The van der Waals surface area contributed by atoms with Gasteiger partial charge in [0.05, 0.1) is 11.3 Å². The minimum atomic E-state index is 0.423. The van der Waals surface area contributed by atoms with Crippen LogP contribution in [0.4, 0.5) is 11.4 Å². The number of hydrogen-bond donors (Lipinski definition) is 1. The summed E-state index contributed by atoms with van der Waals surface area (Å²) in [5, 5.41) is 9.16. The van der Waals surface area contributed by atoms with E-state index in [1.54, 1.807) is 6.07 Å². The zero-order chi connectivity index (χ0) is 12.6. The Morgan fingerprint density at radius 2 is 2.00 bits per heavy atom. The average molecular weight is 243 g/mol. The van der Waals surface area contributed by atoms with Crippen LogP contribution < -0.4 is 10.6 Å². The highest BCUT2D eigenvalue weighted by molar-refractivity contribution is 5.65. The van der Waals surface area contributed by atoms with E-state index in [9.17, 15) is 0 Å². The summed E-state index contributed by atoms with van der Waals surface area (Å²) in [5.74, 6) is 0. The monoisotopic (exact) mass is 243 g/mol.